The lowest BCUT2D eigenvalue weighted by Gasteiger charge is -2.24. The lowest BCUT2D eigenvalue weighted by molar-refractivity contribution is -0.144. The molecule has 1 heterocycles. The molecule has 6 heteroatoms. The molecule has 2 aromatic rings. The number of carboxylic acid groups (broad SMARTS) is 1. The number of likely N-dealkylation sites (N-methyl/N-ethyl adjacent to an activating group) is 1. The Morgan fingerprint density at radius 2 is 1.97 bits per heavy atom. The minimum Gasteiger partial charge on any atom is -0.479 e. The van der Waals surface area contributed by atoms with Gasteiger partial charge >= 0.3 is 5.97 Å². The first-order valence-corrected chi connectivity index (χ1v) is 10.9. The fourth-order valence-corrected chi connectivity index (χ4v) is 4.82. The number of fused-ring (bicyclic) bond motifs is 1. The summed E-state index contributed by atoms with van der Waals surface area (Å²) in [4.78, 5) is 26.8. The molecule has 160 valence electrons. The average Bonchev–Trinajstić information content (AvgIpc) is 3.32. The fourth-order valence-electron chi connectivity index (χ4n) is 4.82. The second kappa shape index (κ2) is 8.36. The highest BCUT2D eigenvalue weighted by molar-refractivity contribution is 5.92. The van der Waals surface area contributed by atoms with E-state index < -0.39 is 11.5 Å². The maximum absolute atomic E-state index is 13.0. The van der Waals surface area contributed by atoms with Crippen molar-refractivity contribution in [2.75, 3.05) is 13.1 Å². The van der Waals surface area contributed by atoms with E-state index in [4.69, 9.17) is 4.74 Å². The Hall–Kier alpha value is -2.44. The second-order valence-corrected chi connectivity index (χ2v) is 8.49. The molecule has 1 aliphatic heterocycles. The van der Waals surface area contributed by atoms with Crippen molar-refractivity contribution < 1.29 is 19.4 Å². The van der Waals surface area contributed by atoms with Crippen LogP contribution in [0.25, 0.3) is 10.8 Å². The predicted octanol–water partition coefficient (Wildman–Crippen LogP) is 3.19. The van der Waals surface area contributed by atoms with Crippen LogP contribution in [0.5, 0.6) is 0 Å². The molecule has 1 amide bonds. The largest absolute Gasteiger partial charge is 0.479 e. The van der Waals surface area contributed by atoms with Gasteiger partial charge < -0.3 is 15.2 Å². The molecule has 2 fully saturated rings. The molecule has 0 spiro atoms. The van der Waals surface area contributed by atoms with E-state index >= 15 is 0 Å². The number of hydrogen-bond donors (Lipinski definition) is 2. The van der Waals surface area contributed by atoms with Gasteiger partial charge in [0, 0.05) is 6.54 Å². The first-order valence-electron chi connectivity index (χ1n) is 10.9. The SMILES string of the molecule is CCC1CC1(NC(=O)C1CC(OCc2cccc3ccccc23)CN1CC)C(=O)O. The van der Waals surface area contributed by atoms with Crippen molar-refractivity contribution >= 4 is 22.6 Å². The van der Waals surface area contributed by atoms with Gasteiger partial charge in [-0.3, -0.25) is 9.69 Å². The Balaban J connectivity index is 1.40. The van der Waals surface area contributed by atoms with E-state index in [2.05, 4.69) is 34.5 Å². The van der Waals surface area contributed by atoms with Gasteiger partial charge in [-0.2, -0.15) is 0 Å². The van der Waals surface area contributed by atoms with Crippen LogP contribution in [-0.2, 0) is 20.9 Å². The molecule has 4 rings (SSSR count). The summed E-state index contributed by atoms with van der Waals surface area (Å²) in [5, 5.41) is 14.8. The van der Waals surface area contributed by atoms with Crippen LogP contribution in [0, 0.1) is 5.92 Å². The summed E-state index contributed by atoms with van der Waals surface area (Å²) >= 11 is 0. The number of ether oxygens (including phenoxy) is 1. The minimum atomic E-state index is -1.08. The van der Waals surface area contributed by atoms with Crippen molar-refractivity contribution in [2.45, 2.75) is 57.4 Å². The van der Waals surface area contributed by atoms with Crippen LogP contribution in [0.4, 0.5) is 0 Å². The molecule has 2 aromatic carbocycles. The number of carbonyl (C=O) groups excluding carboxylic acids is 1. The molecule has 0 aromatic heterocycles. The van der Waals surface area contributed by atoms with Crippen LogP contribution in [-0.4, -0.2) is 52.7 Å². The predicted molar refractivity (Wildman–Crippen MR) is 115 cm³/mol. The number of carboxylic acids is 1. The summed E-state index contributed by atoms with van der Waals surface area (Å²) in [7, 11) is 0. The second-order valence-electron chi connectivity index (χ2n) is 8.49. The highest BCUT2D eigenvalue weighted by Gasteiger charge is 2.61. The number of aliphatic carboxylic acids is 1. The minimum absolute atomic E-state index is 0.0221. The molecule has 1 aliphatic carbocycles. The number of nitrogens with zero attached hydrogens (tertiary/aromatic N) is 1. The van der Waals surface area contributed by atoms with E-state index in [9.17, 15) is 14.7 Å². The maximum atomic E-state index is 13.0. The average molecular weight is 411 g/mol. The molecule has 6 nitrogen and oxygen atoms in total. The number of carbonyl (C=O) groups is 2. The molecule has 0 radical (unpaired) electrons. The molecule has 1 saturated carbocycles. The van der Waals surface area contributed by atoms with Gasteiger partial charge in [0.15, 0.2) is 0 Å². The quantitative estimate of drug-likeness (QED) is 0.699. The van der Waals surface area contributed by atoms with Gasteiger partial charge in [0.2, 0.25) is 5.91 Å². The highest BCUT2D eigenvalue weighted by atomic mass is 16.5. The summed E-state index contributed by atoms with van der Waals surface area (Å²) in [5.41, 5.74) is 0.0605. The molecular weight excluding hydrogens is 380 g/mol. The van der Waals surface area contributed by atoms with Gasteiger partial charge in [-0.1, -0.05) is 62.7 Å². The van der Waals surface area contributed by atoms with Gasteiger partial charge in [-0.15, -0.1) is 0 Å². The van der Waals surface area contributed by atoms with Gasteiger partial charge in [-0.25, -0.2) is 4.79 Å². The number of likely N-dealkylation sites (tertiary alicyclic amines) is 1. The summed E-state index contributed by atoms with van der Waals surface area (Å²) in [5.74, 6) is -1.09. The van der Waals surface area contributed by atoms with Crippen LogP contribution >= 0.6 is 0 Å². The molecule has 4 unspecified atom stereocenters. The van der Waals surface area contributed by atoms with E-state index in [1.54, 1.807) is 0 Å². The van der Waals surface area contributed by atoms with Gasteiger partial charge in [0.25, 0.3) is 0 Å². The van der Waals surface area contributed by atoms with Gasteiger partial charge in [-0.05, 0) is 41.6 Å². The van der Waals surface area contributed by atoms with Crippen molar-refractivity contribution in [1.29, 1.82) is 0 Å². The number of hydrogen-bond acceptors (Lipinski definition) is 4. The Morgan fingerprint density at radius 1 is 1.20 bits per heavy atom. The number of amides is 1. The summed E-state index contributed by atoms with van der Waals surface area (Å²) in [6.07, 6.45) is 1.80. The molecule has 2 aliphatic rings. The van der Waals surface area contributed by atoms with Crippen LogP contribution < -0.4 is 5.32 Å². The van der Waals surface area contributed by atoms with Gasteiger partial charge in [0.05, 0.1) is 18.8 Å². The number of rotatable bonds is 8. The first-order chi connectivity index (χ1) is 14.5. The summed E-state index contributed by atoms with van der Waals surface area (Å²) in [6.45, 7) is 5.88. The zero-order valence-electron chi connectivity index (χ0n) is 17.6. The zero-order chi connectivity index (χ0) is 21.3. The molecule has 1 saturated heterocycles. The van der Waals surface area contributed by atoms with Crippen molar-refractivity contribution in [3.05, 3.63) is 48.0 Å². The fraction of sp³-hybridized carbons (Fsp3) is 0.500. The summed E-state index contributed by atoms with van der Waals surface area (Å²) in [6, 6.07) is 14.1. The molecule has 30 heavy (non-hydrogen) atoms. The molecular formula is C24H30N2O4. The van der Waals surface area contributed by atoms with Gasteiger partial charge in [0.1, 0.15) is 5.54 Å². The van der Waals surface area contributed by atoms with E-state index in [1.165, 1.54) is 10.8 Å². The monoisotopic (exact) mass is 410 g/mol. The normalized spacial score (nSPS) is 28.5. The van der Waals surface area contributed by atoms with Crippen LogP contribution in [0.1, 0.15) is 38.7 Å². The van der Waals surface area contributed by atoms with Crippen LogP contribution in [0.2, 0.25) is 0 Å². The van der Waals surface area contributed by atoms with E-state index in [0.29, 0.717) is 26.0 Å². The third kappa shape index (κ3) is 3.82. The third-order valence-electron chi connectivity index (χ3n) is 6.75. The third-order valence-corrected chi connectivity index (χ3v) is 6.75. The Kier molecular flexibility index (Phi) is 5.80. The standard InChI is InChI=1S/C24H30N2O4/c1-3-18-13-24(18,23(28)29)25-22(27)21-12-19(14-26(21)4-2)30-15-17-10-7-9-16-8-5-6-11-20(16)17/h5-11,18-19,21H,3-4,12-15H2,1-2H3,(H,25,27)(H,28,29). The lowest BCUT2D eigenvalue weighted by atomic mass is 10.1. The summed E-state index contributed by atoms with van der Waals surface area (Å²) < 4.78 is 6.21. The number of nitrogens with one attached hydrogen (secondary N) is 1. The van der Waals surface area contributed by atoms with Crippen LogP contribution in [0.15, 0.2) is 42.5 Å². The van der Waals surface area contributed by atoms with E-state index in [1.807, 2.05) is 32.0 Å². The van der Waals surface area contributed by atoms with Crippen molar-refractivity contribution in [3.63, 3.8) is 0 Å². The first kappa shape index (κ1) is 20.8. The van der Waals surface area contributed by atoms with Crippen molar-refractivity contribution in [2.24, 2.45) is 5.92 Å². The topological polar surface area (TPSA) is 78.9 Å². The smallest absolute Gasteiger partial charge is 0.329 e. The highest BCUT2D eigenvalue weighted by Crippen LogP contribution is 2.46. The Bertz CT molecular complexity index is 940. The Morgan fingerprint density at radius 3 is 2.67 bits per heavy atom. The zero-order valence-corrected chi connectivity index (χ0v) is 17.6. The van der Waals surface area contributed by atoms with Crippen molar-refractivity contribution in [1.82, 2.24) is 10.2 Å². The number of benzene rings is 2. The van der Waals surface area contributed by atoms with Crippen molar-refractivity contribution in [3.8, 4) is 0 Å². The molecule has 0 bridgehead atoms. The van der Waals surface area contributed by atoms with E-state index in [-0.39, 0.29) is 24.0 Å². The molecule has 4 atom stereocenters. The Labute approximate surface area is 177 Å². The lowest BCUT2D eigenvalue weighted by Crippen LogP contribution is -2.51. The maximum Gasteiger partial charge on any atom is 0.329 e. The van der Waals surface area contributed by atoms with E-state index in [0.717, 1.165) is 18.5 Å². The molecule has 2 N–H and O–H groups in total. The van der Waals surface area contributed by atoms with Crippen LogP contribution in [0.3, 0.4) is 0 Å².